The minimum Gasteiger partial charge on any atom is -0.0622 e. The molecule has 13 aromatic rings. The van der Waals surface area contributed by atoms with E-state index in [-0.39, 0.29) is 0 Å². The van der Waals surface area contributed by atoms with Crippen LogP contribution in [0, 0.1) is 0 Å². The van der Waals surface area contributed by atoms with Crippen LogP contribution in [0.1, 0.15) is 0 Å². The molecule has 0 amide bonds. The summed E-state index contributed by atoms with van der Waals surface area (Å²) in [7, 11) is 0. The van der Waals surface area contributed by atoms with Crippen LogP contribution >= 0.6 is 0 Å². The first kappa shape index (κ1) is 31.6. The second-order valence-corrected chi connectivity index (χ2v) is 15.9. The van der Waals surface area contributed by atoms with E-state index in [2.05, 4.69) is 206 Å². The summed E-state index contributed by atoms with van der Waals surface area (Å²) in [6, 6.07) is 77.0. The van der Waals surface area contributed by atoms with E-state index in [1.54, 1.807) is 0 Å². The molecule has 0 N–H and O–H groups in total. The Hall–Kier alpha value is -7.54. The quantitative estimate of drug-likeness (QED) is 0.158. The van der Waals surface area contributed by atoms with E-state index in [0.717, 1.165) is 0 Å². The van der Waals surface area contributed by atoms with Crippen LogP contribution < -0.4 is 0 Å². The summed E-state index contributed by atoms with van der Waals surface area (Å²) in [5.41, 5.74) is 10.0. The molecule has 13 rings (SSSR count). The first-order valence-corrected chi connectivity index (χ1v) is 20.3. The molecule has 13 aromatic carbocycles. The van der Waals surface area contributed by atoms with Gasteiger partial charge in [-0.15, -0.1) is 0 Å². The highest BCUT2D eigenvalue weighted by Gasteiger charge is 2.27. The van der Waals surface area contributed by atoms with Gasteiger partial charge in [-0.3, -0.25) is 0 Å². The minimum absolute atomic E-state index is 1.23. The fraction of sp³-hybridized carbons (Fsp3) is 0. The lowest BCUT2D eigenvalue weighted by Crippen LogP contribution is -1.92. The van der Waals surface area contributed by atoms with Gasteiger partial charge in [-0.25, -0.2) is 0 Å². The summed E-state index contributed by atoms with van der Waals surface area (Å²) in [6.07, 6.45) is 0. The van der Waals surface area contributed by atoms with Crippen LogP contribution in [0.3, 0.4) is 0 Å². The summed E-state index contributed by atoms with van der Waals surface area (Å²) in [6.45, 7) is 0. The van der Waals surface area contributed by atoms with E-state index in [4.69, 9.17) is 0 Å². The van der Waals surface area contributed by atoms with Crippen molar-refractivity contribution in [2.75, 3.05) is 0 Å². The monoisotopic (exact) mass is 730 g/mol. The standard InChI is InChI=1S/C58H34/c1-5-16-35(17-6-1)39-28-29-40-31-50-54-44(46(40)30-39)26-15-27-45(54)57-52(37-20-9-3-10-21-37)51-34-48-43-25-14-13-24-42(43)47-32-41(36-18-7-2-8-19-36)33-49(55(47)48)56(51)53(58(50)57)38-22-11-4-12-23-38/h1-34H. The summed E-state index contributed by atoms with van der Waals surface area (Å²) in [5, 5.41) is 21.0. The summed E-state index contributed by atoms with van der Waals surface area (Å²) < 4.78 is 0. The Kier molecular flexibility index (Phi) is 6.54. The smallest absolute Gasteiger partial charge is 0.000697 e. The van der Waals surface area contributed by atoms with Crippen LogP contribution in [0.5, 0.6) is 0 Å². The number of benzene rings is 11. The topological polar surface area (TPSA) is 0 Å². The Labute approximate surface area is 335 Å². The first-order chi connectivity index (χ1) is 28.8. The third-order valence-corrected chi connectivity index (χ3v) is 12.9. The third kappa shape index (κ3) is 4.35. The second kappa shape index (κ2) is 12.0. The molecule has 0 nitrogen and oxygen atoms in total. The lowest BCUT2D eigenvalue weighted by Gasteiger charge is -2.19. The summed E-state index contributed by atoms with van der Waals surface area (Å²) in [5.74, 6) is 0. The summed E-state index contributed by atoms with van der Waals surface area (Å²) in [4.78, 5) is 0. The number of hydrogen-bond donors (Lipinski definition) is 0. The van der Waals surface area contributed by atoms with Crippen LogP contribution in [0.25, 0.3) is 131 Å². The number of fused-ring (bicyclic) bond motifs is 10. The van der Waals surface area contributed by atoms with Crippen LogP contribution in [0.4, 0.5) is 0 Å². The van der Waals surface area contributed by atoms with Crippen molar-refractivity contribution in [1.82, 2.24) is 0 Å². The molecule has 0 saturated carbocycles. The lowest BCUT2D eigenvalue weighted by atomic mass is 9.83. The van der Waals surface area contributed by atoms with Gasteiger partial charge in [0, 0.05) is 0 Å². The molecule has 58 heavy (non-hydrogen) atoms. The maximum Gasteiger partial charge on any atom is -0.000697 e. The molecule has 0 radical (unpaired) electrons. The van der Waals surface area contributed by atoms with Crippen molar-refractivity contribution in [2.45, 2.75) is 0 Å². The maximum absolute atomic E-state index is 2.54. The van der Waals surface area contributed by atoms with E-state index in [9.17, 15) is 0 Å². The first-order valence-electron chi connectivity index (χ1n) is 20.3. The van der Waals surface area contributed by atoms with Crippen molar-refractivity contribution in [2.24, 2.45) is 0 Å². The van der Waals surface area contributed by atoms with Crippen molar-refractivity contribution >= 4 is 86.2 Å². The average Bonchev–Trinajstić information content (AvgIpc) is 3.80. The Bertz CT molecular complexity index is 3730. The summed E-state index contributed by atoms with van der Waals surface area (Å²) >= 11 is 0. The Morgan fingerprint density at radius 2 is 0.638 bits per heavy atom. The molecule has 0 heteroatoms. The Morgan fingerprint density at radius 1 is 0.172 bits per heavy atom. The molecule has 0 bridgehead atoms. The van der Waals surface area contributed by atoms with Gasteiger partial charge in [-0.2, -0.15) is 0 Å². The molecule has 0 saturated heterocycles. The molecular weight excluding hydrogens is 697 g/mol. The fourth-order valence-electron chi connectivity index (χ4n) is 10.5. The molecular formula is C58H34. The highest BCUT2D eigenvalue weighted by Crippen LogP contribution is 2.55. The predicted molar refractivity (Wildman–Crippen MR) is 251 cm³/mol. The third-order valence-electron chi connectivity index (χ3n) is 12.9. The molecule has 0 aromatic heterocycles. The normalized spacial score (nSPS) is 12.1. The number of hydrogen-bond acceptors (Lipinski definition) is 0. The van der Waals surface area contributed by atoms with Crippen molar-refractivity contribution in [3.8, 4) is 44.5 Å². The van der Waals surface area contributed by atoms with Gasteiger partial charge in [-0.1, -0.05) is 176 Å². The van der Waals surface area contributed by atoms with E-state index in [1.807, 2.05) is 0 Å². The fourth-order valence-corrected chi connectivity index (χ4v) is 10.5. The van der Waals surface area contributed by atoms with E-state index in [0.29, 0.717) is 0 Å². The van der Waals surface area contributed by atoms with Gasteiger partial charge >= 0.3 is 0 Å². The lowest BCUT2D eigenvalue weighted by molar-refractivity contribution is 1.65. The van der Waals surface area contributed by atoms with E-state index >= 15 is 0 Å². The zero-order valence-electron chi connectivity index (χ0n) is 31.6. The zero-order valence-corrected chi connectivity index (χ0v) is 31.6. The zero-order chi connectivity index (χ0) is 37.9. The van der Waals surface area contributed by atoms with Gasteiger partial charge in [0.2, 0.25) is 0 Å². The van der Waals surface area contributed by atoms with Gasteiger partial charge in [0.05, 0.1) is 0 Å². The molecule has 0 aliphatic carbocycles. The molecule has 0 unspecified atom stereocenters. The Balaban J connectivity index is 1.32. The second-order valence-electron chi connectivity index (χ2n) is 15.9. The molecule has 0 fully saturated rings. The van der Waals surface area contributed by atoms with Gasteiger partial charge in [0.25, 0.3) is 0 Å². The number of rotatable bonds is 4. The highest BCUT2D eigenvalue weighted by molar-refractivity contribution is 6.46. The minimum atomic E-state index is 1.23. The predicted octanol–water partition coefficient (Wildman–Crippen LogP) is 16.5. The van der Waals surface area contributed by atoms with Crippen molar-refractivity contribution in [3.63, 3.8) is 0 Å². The van der Waals surface area contributed by atoms with Gasteiger partial charge in [-0.05, 0) is 161 Å². The molecule has 266 valence electrons. The van der Waals surface area contributed by atoms with E-state index < -0.39 is 0 Å². The van der Waals surface area contributed by atoms with Gasteiger partial charge in [0.1, 0.15) is 0 Å². The van der Waals surface area contributed by atoms with Crippen molar-refractivity contribution in [3.05, 3.63) is 206 Å². The van der Waals surface area contributed by atoms with Gasteiger partial charge < -0.3 is 0 Å². The molecule has 0 spiro atoms. The van der Waals surface area contributed by atoms with Crippen molar-refractivity contribution < 1.29 is 0 Å². The maximum atomic E-state index is 2.54. The van der Waals surface area contributed by atoms with Crippen LogP contribution in [-0.2, 0) is 0 Å². The van der Waals surface area contributed by atoms with Crippen molar-refractivity contribution in [1.29, 1.82) is 0 Å². The molecule has 0 aliphatic rings. The Morgan fingerprint density at radius 3 is 1.31 bits per heavy atom. The molecule has 0 heterocycles. The van der Waals surface area contributed by atoms with Gasteiger partial charge in [0.15, 0.2) is 0 Å². The highest BCUT2D eigenvalue weighted by atomic mass is 14.3. The molecule has 0 aliphatic heterocycles. The van der Waals surface area contributed by atoms with Crippen LogP contribution in [-0.4, -0.2) is 0 Å². The van der Waals surface area contributed by atoms with E-state index in [1.165, 1.54) is 131 Å². The largest absolute Gasteiger partial charge is 0.0622 e. The average molecular weight is 731 g/mol. The molecule has 0 atom stereocenters. The van der Waals surface area contributed by atoms with Crippen LogP contribution in [0.2, 0.25) is 0 Å². The van der Waals surface area contributed by atoms with Crippen LogP contribution in [0.15, 0.2) is 206 Å². The SMILES string of the molecule is c1ccc(-c2ccc3cc4c5c(-c6ccccc6)c6c(cc7c8ccccc8c8cc(-c9ccccc9)cc6c87)c(-c6ccccc6)c5c5cccc(c3c2)c54)cc1.